The molecule has 0 saturated carbocycles. The van der Waals surface area contributed by atoms with Crippen LogP contribution in [-0.4, -0.2) is 53.5 Å². The Hall–Kier alpha value is -4.89. The van der Waals surface area contributed by atoms with Crippen LogP contribution in [-0.2, 0) is 24.4 Å². The van der Waals surface area contributed by atoms with E-state index in [1.54, 1.807) is 36.5 Å². The van der Waals surface area contributed by atoms with Crippen molar-refractivity contribution in [3.05, 3.63) is 153 Å². The number of aromatic nitrogens is 1. The van der Waals surface area contributed by atoms with Gasteiger partial charge in [0.05, 0.1) is 17.8 Å². The molecule has 0 bridgehead atoms. The third kappa shape index (κ3) is 10.1. The molecule has 2 heterocycles. The molecule has 1 aromatic heterocycles. The molecule has 268 valence electrons. The Bertz CT molecular complexity index is 1970. The average Bonchev–Trinajstić information content (AvgIpc) is 3.15. The van der Waals surface area contributed by atoms with Crippen molar-refractivity contribution in [2.75, 3.05) is 32.8 Å². The van der Waals surface area contributed by atoms with Crippen molar-refractivity contribution in [2.45, 2.75) is 33.4 Å². The number of carbonyl (C=O) groups is 1. The van der Waals surface area contributed by atoms with E-state index in [-0.39, 0.29) is 11.7 Å². The first-order chi connectivity index (χ1) is 25.2. The van der Waals surface area contributed by atoms with Crippen LogP contribution in [0.2, 0.25) is 10.0 Å². The van der Waals surface area contributed by atoms with Gasteiger partial charge >= 0.3 is 0 Å². The minimum atomic E-state index is -0.274. The first kappa shape index (κ1) is 36.9. The van der Waals surface area contributed by atoms with E-state index in [4.69, 9.17) is 37.4 Å². The minimum Gasteiger partial charge on any atom is -0.493 e. The third-order valence-electron chi connectivity index (χ3n) is 8.88. The molecule has 6 rings (SSSR count). The Morgan fingerprint density at radius 1 is 0.846 bits per heavy atom. The number of benzene rings is 4. The lowest BCUT2D eigenvalue weighted by Crippen LogP contribution is -2.47. The number of nitrogens with zero attached hydrogens (tertiary/aromatic N) is 3. The van der Waals surface area contributed by atoms with Crippen molar-refractivity contribution in [1.82, 2.24) is 14.8 Å². The topological polar surface area (TPSA) is 64.1 Å². The number of piperazine rings is 1. The SMILES string of the molecule is C/C(=C\C(=O)N1CCN(Cc2ccc(CCOc3ccc(F)cc3)cc2)CC1)c1cc(C)c(Oc2ccc(OCc3ccccc3Cl)cn2)c(Cl)c1. The zero-order valence-electron chi connectivity index (χ0n) is 29.2. The molecule has 0 atom stereocenters. The maximum absolute atomic E-state index is 13.2. The van der Waals surface area contributed by atoms with Gasteiger partial charge in [-0.05, 0) is 90.2 Å². The lowest BCUT2D eigenvalue weighted by Gasteiger charge is -2.34. The summed E-state index contributed by atoms with van der Waals surface area (Å²) in [7, 11) is 0. The largest absolute Gasteiger partial charge is 0.493 e. The molecule has 1 aliphatic rings. The summed E-state index contributed by atoms with van der Waals surface area (Å²) in [5, 5.41) is 1.08. The predicted molar refractivity (Wildman–Crippen MR) is 204 cm³/mol. The van der Waals surface area contributed by atoms with Gasteiger partial charge in [-0.25, -0.2) is 9.37 Å². The molecular weight excluding hydrogens is 700 g/mol. The number of ether oxygens (including phenoxy) is 3. The molecule has 0 N–H and O–H groups in total. The number of halogens is 3. The summed E-state index contributed by atoms with van der Waals surface area (Å²) in [6.07, 6.45) is 4.05. The molecule has 4 aromatic carbocycles. The van der Waals surface area contributed by atoms with Crippen LogP contribution in [0, 0.1) is 12.7 Å². The maximum Gasteiger partial charge on any atom is 0.246 e. The standard InChI is InChI=1S/C42H40Cl2FN3O4/c1-29(34-23-30(2)42(39(44)25-34)52-40-16-15-37(26-46-40)51-28-33-5-3-4-6-38(33)43)24-41(49)48-20-18-47(19-21-48)27-32-9-7-31(8-10-32)17-22-50-36-13-11-35(45)12-14-36/h3-16,23-26H,17-22,27-28H2,1-2H3/b29-24+. The number of hydrogen-bond acceptors (Lipinski definition) is 6. The van der Waals surface area contributed by atoms with Gasteiger partial charge in [-0.3, -0.25) is 9.69 Å². The van der Waals surface area contributed by atoms with Crippen LogP contribution in [0.5, 0.6) is 23.1 Å². The summed E-state index contributed by atoms with van der Waals surface area (Å²) in [5.41, 5.74) is 5.79. The van der Waals surface area contributed by atoms with Crippen LogP contribution in [0.25, 0.3) is 5.57 Å². The molecule has 1 fully saturated rings. The van der Waals surface area contributed by atoms with E-state index < -0.39 is 0 Å². The van der Waals surface area contributed by atoms with E-state index in [0.29, 0.717) is 59.5 Å². The van der Waals surface area contributed by atoms with Crippen molar-refractivity contribution >= 4 is 34.7 Å². The highest BCUT2D eigenvalue weighted by atomic mass is 35.5. The number of allylic oxidation sites excluding steroid dienone is 1. The van der Waals surface area contributed by atoms with Crippen LogP contribution in [0.4, 0.5) is 4.39 Å². The minimum absolute atomic E-state index is 0.0143. The summed E-state index contributed by atoms with van der Waals surface area (Å²) >= 11 is 12.9. The van der Waals surface area contributed by atoms with Crippen molar-refractivity contribution in [1.29, 1.82) is 0 Å². The Labute approximate surface area is 314 Å². The normalized spacial score (nSPS) is 13.6. The Morgan fingerprint density at radius 2 is 1.56 bits per heavy atom. The van der Waals surface area contributed by atoms with Gasteiger partial charge < -0.3 is 19.1 Å². The Morgan fingerprint density at radius 3 is 2.25 bits per heavy atom. The van der Waals surface area contributed by atoms with Crippen molar-refractivity contribution in [2.24, 2.45) is 0 Å². The van der Waals surface area contributed by atoms with Gasteiger partial charge in [-0.15, -0.1) is 0 Å². The summed E-state index contributed by atoms with van der Waals surface area (Å²) in [5.74, 6) is 1.85. The fourth-order valence-electron chi connectivity index (χ4n) is 5.85. The zero-order valence-corrected chi connectivity index (χ0v) is 30.7. The van der Waals surface area contributed by atoms with Crippen LogP contribution in [0.3, 0.4) is 0 Å². The molecule has 10 heteroatoms. The molecule has 1 aliphatic heterocycles. The van der Waals surface area contributed by atoms with Gasteiger partial charge in [-0.1, -0.05) is 65.7 Å². The van der Waals surface area contributed by atoms with Crippen molar-refractivity contribution in [3.8, 4) is 23.1 Å². The van der Waals surface area contributed by atoms with E-state index in [9.17, 15) is 9.18 Å². The fourth-order valence-corrected chi connectivity index (χ4v) is 6.35. The molecule has 7 nitrogen and oxygen atoms in total. The van der Waals surface area contributed by atoms with E-state index in [0.717, 1.165) is 48.3 Å². The van der Waals surface area contributed by atoms with Crippen LogP contribution < -0.4 is 14.2 Å². The molecule has 0 radical (unpaired) electrons. The smallest absolute Gasteiger partial charge is 0.246 e. The van der Waals surface area contributed by atoms with Crippen LogP contribution >= 0.6 is 23.2 Å². The third-order valence-corrected chi connectivity index (χ3v) is 9.53. The molecule has 0 aliphatic carbocycles. The van der Waals surface area contributed by atoms with E-state index in [1.165, 1.54) is 23.3 Å². The second-order valence-corrected chi connectivity index (χ2v) is 13.5. The number of rotatable bonds is 13. The Kier molecular flexibility index (Phi) is 12.5. The van der Waals surface area contributed by atoms with Gasteiger partial charge in [0.1, 0.15) is 23.9 Å². The number of amides is 1. The zero-order chi connectivity index (χ0) is 36.5. The van der Waals surface area contributed by atoms with Crippen molar-refractivity contribution in [3.63, 3.8) is 0 Å². The number of pyridine rings is 1. The summed E-state index contributed by atoms with van der Waals surface area (Å²) in [6.45, 7) is 8.42. The molecule has 0 spiro atoms. The molecule has 1 saturated heterocycles. The highest BCUT2D eigenvalue weighted by Crippen LogP contribution is 2.35. The van der Waals surface area contributed by atoms with E-state index in [1.807, 2.05) is 55.1 Å². The highest BCUT2D eigenvalue weighted by molar-refractivity contribution is 6.32. The second-order valence-electron chi connectivity index (χ2n) is 12.7. The summed E-state index contributed by atoms with van der Waals surface area (Å²) < 4.78 is 30.7. The first-order valence-electron chi connectivity index (χ1n) is 17.2. The van der Waals surface area contributed by atoms with Gasteiger partial charge in [0.25, 0.3) is 0 Å². The van der Waals surface area contributed by atoms with E-state index in [2.05, 4.69) is 34.1 Å². The fraction of sp³-hybridized carbons (Fsp3) is 0.238. The van der Waals surface area contributed by atoms with Gasteiger partial charge in [0, 0.05) is 61.9 Å². The summed E-state index contributed by atoms with van der Waals surface area (Å²) in [6, 6.07) is 29.4. The number of hydrogen-bond donors (Lipinski definition) is 0. The monoisotopic (exact) mass is 739 g/mol. The maximum atomic E-state index is 13.2. The number of carbonyl (C=O) groups excluding carboxylic acids is 1. The quantitative estimate of drug-likeness (QED) is 0.112. The molecular formula is C42H40Cl2FN3O4. The molecule has 0 unspecified atom stereocenters. The van der Waals surface area contributed by atoms with Crippen LogP contribution in [0.1, 0.15) is 34.7 Å². The summed E-state index contributed by atoms with van der Waals surface area (Å²) in [4.78, 5) is 21.9. The van der Waals surface area contributed by atoms with E-state index >= 15 is 0 Å². The molecule has 1 amide bonds. The lowest BCUT2D eigenvalue weighted by molar-refractivity contribution is -0.127. The van der Waals surface area contributed by atoms with Gasteiger partial charge in [-0.2, -0.15) is 0 Å². The van der Waals surface area contributed by atoms with Crippen LogP contribution in [0.15, 0.2) is 109 Å². The lowest BCUT2D eigenvalue weighted by atomic mass is 10.0. The van der Waals surface area contributed by atoms with Gasteiger partial charge in [0.2, 0.25) is 11.8 Å². The number of aryl methyl sites for hydroxylation is 1. The molecule has 52 heavy (non-hydrogen) atoms. The first-order valence-corrected chi connectivity index (χ1v) is 17.9. The average molecular weight is 741 g/mol. The molecule has 5 aromatic rings. The predicted octanol–water partition coefficient (Wildman–Crippen LogP) is 9.58. The van der Waals surface area contributed by atoms with Crippen molar-refractivity contribution < 1.29 is 23.4 Å². The second kappa shape index (κ2) is 17.6. The highest BCUT2D eigenvalue weighted by Gasteiger charge is 2.21. The van der Waals surface area contributed by atoms with Gasteiger partial charge in [0.15, 0.2) is 5.75 Å². The Balaban J connectivity index is 0.958.